The van der Waals surface area contributed by atoms with E-state index in [0.717, 1.165) is 27.7 Å². The number of nitrogens with zero attached hydrogens (tertiary/aromatic N) is 1. The number of carboxylic acids is 1. The van der Waals surface area contributed by atoms with Crippen molar-refractivity contribution in [2.45, 2.75) is 57.8 Å². The molecule has 0 saturated heterocycles. The second-order valence-electron chi connectivity index (χ2n) is 10.2. The highest BCUT2D eigenvalue weighted by Gasteiger charge is 2.49. The topological polar surface area (TPSA) is 132 Å². The quantitative estimate of drug-likeness (QED) is 0.395. The molecule has 3 heterocycles. The highest BCUT2D eigenvalue weighted by Crippen LogP contribution is 2.46. The Kier molecular flexibility index (Phi) is 6.23. The molecule has 3 aromatic rings. The summed E-state index contributed by atoms with van der Waals surface area (Å²) in [6.45, 7) is 5.26. The first kappa shape index (κ1) is 24.5. The lowest BCUT2D eigenvalue weighted by Crippen LogP contribution is -2.57. The van der Waals surface area contributed by atoms with E-state index >= 15 is 0 Å². The lowest BCUT2D eigenvalue weighted by atomic mass is 9.90. The Morgan fingerprint density at radius 3 is 2.49 bits per heavy atom. The number of aliphatic carboxylic acids is 1. The number of carboxylic acid groups (broad SMARTS) is 1. The van der Waals surface area contributed by atoms with Gasteiger partial charge in [-0.3, -0.25) is 14.4 Å². The number of hydrogen-bond acceptors (Lipinski definition) is 4. The van der Waals surface area contributed by atoms with Crippen LogP contribution in [0.4, 0.5) is 0 Å². The van der Waals surface area contributed by atoms with Crippen LogP contribution in [0.15, 0.2) is 48.5 Å². The molecule has 2 aliphatic rings. The molecule has 9 heteroatoms. The van der Waals surface area contributed by atoms with Crippen LogP contribution in [0.3, 0.4) is 0 Å². The molecular formula is C28H30N4O5. The van der Waals surface area contributed by atoms with Crippen LogP contribution < -0.4 is 10.6 Å². The minimum Gasteiger partial charge on any atom is -0.480 e. The van der Waals surface area contributed by atoms with E-state index in [1.54, 1.807) is 17.0 Å². The molecule has 2 aromatic carbocycles. The zero-order chi connectivity index (χ0) is 26.4. The van der Waals surface area contributed by atoms with Crippen LogP contribution in [0.25, 0.3) is 10.9 Å². The van der Waals surface area contributed by atoms with Gasteiger partial charge in [-0.2, -0.15) is 0 Å². The number of aromatic nitrogens is 1. The van der Waals surface area contributed by atoms with Crippen LogP contribution in [-0.4, -0.2) is 56.8 Å². The molecule has 192 valence electrons. The van der Waals surface area contributed by atoms with E-state index in [4.69, 9.17) is 0 Å². The molecule has 2 aliphatic heterocycles. The summed E-state index contributed by atoms with van der Waals surface area (Å²) in [4.78, 5) is 56.5. The van der Waals surface area contributed by atoms with E-state index in [1.165, 1.54) is 6.92 Å². The highest BCUT2D eigenvalue weighted by atomic mass is 16.4. The first-order valence-corrected chi connectivity index (χ1v) is 12.5. The van der Waals surface area contributed by atoms with Crippen molar-refractivity contribution in [1.29, 1.82) is 0 Å². The normalized spacial score (nSPS) is 19.7. The average Bonchev–Trinajstić information content (AvgIpc) is 3.38. The van der Waals surface area contributed by atoms with Gasteiger partial charge in [-0.1, -0.05) is 50.2 Å². The summed E-state index contributed by atoms with van der Waals surface area (Å²) in [5, 5.41) is 15.7. The molecule has 0 bridgehead atoms. The molecular weight excluding hydrogens is 472 g/mol. The fraction of sp³-hybridized carbons (Fsp3) is 0.357. The molecule has 37 heavy (non-hydrogen) atoms. The number of carbonyl (C=O) groups excluding carboxylic acids is 3. The van der Waals surface area contributed by atoms with Crippen molar-refractivity contribution in [1.82, 2.24) is 20.5 Å². The number of aromatic amines is 1. The van der Waals surface area contributed by atoms with Gasteiger partial charge in [-0.25, -0.2) is 4.79 Å². The zero-order valence-electron chi connectivity index (χ0n) is 20.9. The molecule has 0 radical (unpaired) electrons. The Labute approximate surface area is 214 Å². The third-order valence-electron chi connectivity index (χ3n) is 7.23. The van der Waals surface area contributed by atoms with Gasteiger partial charge in [0.15, 0.2) is 0 Å². The number of benzene rings is 2. The predicted molar refractivity (Wildman–Crippen MR) is 137 cm³/mol. The van der Waals surface area contributed by atoms with Crippen LogP contribution in [-0.2, 0) is 20.8 Å². The van der Waals surface area contributed by atoms with Crippen LogP contribution in [0.2, 0.25) is 0 Å². The Morgan fingerprint density at radius 1 is 1.05 bits per heavy atom. The Balaban J connectivity index is 1.44. The van der Waals surface area contributed by atoms with Gasteiger partial charge in [0.05, 0.1) is 6.04 Å². The van der Waals surface area contributed by atoms with E-state index in [9.17, 15) is 24.3 Å². The number of H-pyrrole nitrogens is 1. The van der Waals surface area contributed by atoms with Crippen LogP contribution >= 0.6 is 0 Å². The molecule has 0 fully saturated rings. The molecule has 0 aliphatic carbocycles. The molecule has 0 spiro atoms. The minimum absolute atomic E-state index is 0.0682. The molecule has 4 N–H and O–H groups in total. The SMILES string of the molecule is CC(C)CC(NC(=O)C(C)NC(=O)C1Cc2c([nH]c3ccccc23)C2c3ccccc3C(=O)N12)C(=O)O. The van der Waals surface area contributed by atoms with Crippen molar-refractivity contribution in [3.8, 4) is 0 Å². The van der Waals surface area contributed by atoms with E-state index in [0.29, 0.717) is 12.0 Å². The van der Waals surface area contributed by atoms with Crippen molar-refractivity contribution in [2.75, 3.05) is 0 Å². The van der Waals surface area contributed by atoms with Crippen molar-refractivity contribution in [3.63, 3.8) is 0 Å². The number of carbonyl (C=O) groups is 4. The Hall–Kier alpha value is -4.14. The second kappa shape index (κ2) is 9.38. The van der Waals surface area contributed by atoms with Gasteiger partial charge in [0, 0.05) is 28.6 Å². The maximum Gasteiger partial charge on any atom is 0.326 e. The van der Waals surface area contributed by atoms with E-state index in [1.807, 2.05) is 50.2 Å². The van der Waals surface area contributed by atoms with Gasteiger partial charge < -0.3 is 25.6 Å². The second-order valence-corrected chi connectivity index (χ2v) is 10.2. The van der Waals surface area contributed by atoms with Crippen molar-refractivity contribution >= 4 is 34.6 Å². The molecule has 0 saturated carbocycles. The fourth-order valence-electron chi connectivity index (χ4n) is 5.50. The van der Waals surface area contributed by atoms with E-state index < -0.39 is 42.0 Å². The summed E-state index contributed by atoms with van der Waals surface area (Å²) in [5.41, 5.74) is 4.19. The van der Waals surface area contributed by atoms with E-state index in [-0.39, 0.29) is 18.2 Å². The fourth-order valence-corrected chi connectivity index (χ4v) is 5.50. The third-order valence-corrected chi connectivity index (χ3v) is 7.23. The number of nitrogens with one attached hydrogen (secondary N) is 3. The molecule has 4 atom stereocenters. The van der Waals surface area contributed by atoms with Crippen molar-refractivity contribution in [2.24, 2.45) is 5.92 Å². The summed E-state index contributed by atoms with van der Waals surface area (Å²) in [6, 6.07) is 11.9. The number of rotatable bonds is 7. The summed E-state index contributed by atoms with van der Waals surface area (Å²) >= 11 is 0. The maximum atomic E-state index is 13.6. The molecule has 1 aromatic heterocycles. The maximum absolute atomic E-state index is 13.6. The Morgan fingerprint density at radius 2 is 1.76 bits per heavy atom. The number of fused-ring (bicyclic) bond motifs is 7. The largest absolute Gasteiger partial charge is 0.480 e. The van der Waals surface area contributed by atoms with Crippen LogP contribution in [0.1, 0.15) is 60.4 Å². The third kappa shape index (κ3) is 4.24. The standard InChI is InChI=1S/C28H30N4O5/c1-14(2)12-21(28(36)37)31-25(33)15(3)29-26(34)22-13-19-16-8-6-7-11-20(16)30-23(19)24-17-9-4-5-10-18(17)27(35)32(22)24/h4-11,14-15,21-22,24,30H,12-13H2,1-3H3,(H,29,34)(H,31,33)(H,36,37). The zero-order valence-corrected chi connectivity index (χ0v) is 20.9. The predicted octanol–water partition coefficient (Wildman–Crippen LogP) is 2.76. The van der Waals surface area contributed by atoms with Gasteiger partial charge in [0.2, 0.25) is 11.8 Å². The monoisotopic (exact) mass is 502 g/mol. The summed E-state index contributed by atoms with van der Waals surface area (Å²) in [7, 11) is 0. The summed E-state index contributed by atoms with van der Waals surface area (Å²) in [5.74, 6) is -2.33. The van der Waals surface area contributed by atoms with Gasteiger partial charge in [0.1, 0.15) is 18.1 Å². The number of hydrogen-bond donors (Lipinski definition) is 4. The summed E-state index contributed by atoms with van der Waals surface area (Å²) in [6.07, 6.45) is 0.566. The lowest BCUT2D eigenvalue weighted by Gasteiger charge is -2.37. The highest BCUT2D eigenvalue weighted by molar-refractivity contribution is 6.04. The van der Waals surface area contributed by atoms with Gasteiger partial charge in [0.25, 0.3) is 5.91 Å². The van der Waals surface area contributed by atoms with E-state index in [2.05, 4.69) is 15.6 Å². The Bertz CT molecular complexity index is 1410. The lowest BCUT2D eigenvalue weighted by molar-refractivity contribution is -0.142. The minimum atomic E-state index is -1.12. The molecule has 5 rings (SSSR count). The number of amides is 3. The van der Waals surface area contributed by atoms with Gasteiger partial charge in [-0.05, 0) is 42.5 Å². The molecule has 9 nitrogen and oxygen atoms in total. The number of para-hydroxylation sites is 1. The first-order valence-electron chi connectivity index (χ1n) is 12.5. The van der Waals surface area contributed by atoms with Crippen LogP contribution in [0, 0.1) is 5.92 Å². The van der Waals surface area contributed by atoms with Gasteiger partial charge >= 0.3 is 5.97 Å². The first-order chi connectivity index (χ1) is 17.7. The average molecular weight is 503 g/mol. The smallest absolute Gasteiger partial charge is 0.326 e. The van der Waals surface area contributed by atoms with Crippen molar-refractivity contribution < 1.29 is 24.3 Å². The van der Waals surface area contributed by atoms with Crippen LogP contribution in [0.5, 0.6) is 0 Å². The molecule has 3 amide bonds. The molecule has 4 unspecified atom stereocenters. The van der Waals surface area contributed by atoms with Crippen molar-refractivity contribution in [3.05, 3.63) is 70.9 Å². The van der Waals surface area contributed by atoms with Gasteiger partial charge in [-0.15, -0.1) is 0 Å². The summed E-state index contributed by atoms with van der Waals surface area (Å²) < 4.78 is 0.